The maximum Gasteiger partial charge on any atom is 0.338 e. The van der Waals surface area contributed by atoms with E-state index < -0.39 is 5.41 Å². The Hall–Kier alpha value is -3.04. The summed E-state index contributed by atoms with van der Waals surface area (Å²) in [5, 5.41) is 10.2. The predicted molar refractivity (Wildman–Crippen MR) is 135 cm³/mol. The minimum atomic E-state index is -0.600. The third-order valence-corrected chi connectivity index (χ3v) is 6.44. The van der Waals surface area contributed by atoms with Crippen LogP contribution in [0.2, 0.25) is 0 Å². The van der Waals surface area contributed by atoms with Crippen LogP contribution in [0.5, 0.6) is 11.5 Å². The Balaban J connectivity index is 1.99. The molecule has 0 saturated heterocycles. The number of carbonyl (C=O) groups is 1. The number of ether oxygens (including phenoxy) is 3. The van der Waals surface area contributed by atoms with Crippen molar-refractivity contribution in [3.05, 3.63) is 59.2 Å². The topological polar surface area (TPSA) is 71.8 Å². The van der Waals surface area contributed by atoms with Crippen LogP contribution in [0.3, 0.4) is 0 Å². The second-order valence-corrected chi connectivity index (χ2v) is 8.88. The van der Waals surface area contributed by atoms with Gasteiger partial charge in [-0.15, -0.1) is 0 Å². The summed E-state index contributed by atoms with van der Waals surface area (Å²) < 4.78 is 15.8. The lowest BCUT2D eigenvalue weighted by atomic mass is 9.69. The van der Waals surface area contributed by atoms with Crippen LogP contribution in [-0.2, 0) is 16.6 Å². The van der Waals surface area contributed by atoms with Gasteiger partial charge in [0.2, 0.25) is 0 Å². The molecule has 0 fully saturated rings. The molecule has 0 aliphatic carbocycles. The lowest BCUT2D eigenvalue weighted by Crippen LogP contribution is -2.32. The van der Waals surface area contributed by atoms with E-state index in [0.29, 0.717) is 12.2 Å². The molecule has 0 saturated carbocycles. The number of carbonyl (C=O) groups excluding carboxylic acids is 1. The van der Waals surface area contributed by atoms with Crippen molar-refractivity contribution in [3.8, 4) is 17.6 Å². The van der Waals surface area contributed by atoms with E-state index in [1.165, 1.54) is 5.56 Å². The zero-order valence-electron chi connectivity index (χ0n) is 21.4. The number of hydrogen-bond acceptors (Lipinski definition) is 6. The molecule has 6 nitrogen and oxygen atoms in total. The highest BCUT2D eigenvalue weighted by molar-refractivity contribution is 5.89. The maximum absolute atomic E-state index is 12.0. The Morgan fingerprint density at radius 2 is 1.74 bits per heavy atom. The fraction of sp³-hybridized carbons (Fsp3) is 0.500. The highest BCUT2D eigenvalue weighted by Gasteiger charge is 2.35. The first kappa shape index (κ1) is 27.2. The Morgan fingerprint density at radius 1 is 1.06 bits per heavy atom. The van der Waals surface area contributed by atoms with E-state index in [4.69, 9.17) is 14.2 Å². The third kappa shape index (κ3) is 6.74. The number of nitriles is 1. The average Bonchev–Trinajstić information content (AvgIpc) is 2.85. The maximum atomic E-state index is 12.0. The summed E-state index contributed by atoms with van der Waals surface area (Å²) in [6, 6.07) is 15.9. The van der Waals surface area contributed by atoms with Gasteiger partial charge in [0, 0.05) is 6.54 Å². The SMILES string of the molecule is CCOC(=O)c1ccc(C(C#N)(CCCN(C)CCc2ccc(OC)c(OC)c2)C(C)C)cc1. The second kappa shape index (κ2) is 13.0. The van der Waals surface area contributed by atoms with Crippen LogP contribution in [0.15, 0.2) is 42.5 Å². The zero-order chi connectivity index (χ0) is 25.1. The minimum absolute atomic E-state index is 0.142. The van der Waals surface area contributed by atoms with Crippen LogP contribution >= 0.6 is 0 Å². The van der Waals surface area contributed by atoms with Crippen molar-refractivity contribution < 1.29 is 19.0 Å². The van der Waals surface area contributed by atoms with Crippen LogP contribution in [0.1, 0.15) is 55.1 Å². The Morgan fingerprint density at radius 3 is 2.29 bits per heavy atom. The van der Waals surface area contributed by atoms with Gasteiger partial charge in [0.15, 0.2) is 11.5 Å². The molecular formula is C28H38N2O4. The lowest BCUT2D eigenvalue weighted by molar-refractivity contribution is 0.0526. The number of benzene rings is 2. The molecule has 1 atom stereocenters. The first-order chi connectivity index (χ1) is 16.3. The van der Waals surface area contributed by atoms with Gasteiger partial charge in [-0.3, -0.25) is 0 Å². The van der Waals surface area contributed by atoms with Crippen molar-refractivity contribution in [2.24, 2.45) is 5.92 Å². The molecule has 184 valence electrons. The molecule has 34 heavy (non-hydrogen) atoms. The molecule has 0 radical (unpaired) electrons. The van der Waals surface area contributed by atoms with E-state index in [0.717, 1.165) is 49.4 Å². The molecule has 0 bridgehead atoms. The lowest BCUT2D eigenvalue weighted by Gasteiger charge is -2.32. The number of likely N-dealkylation sites (N-methyl/N-ethyl adjacent to an activating group) is 1. The molecule has 2 aromatic carbocycles. The highest BCUT2D eigenvalue weighted by Crippen LogP contribution is 2.37. The summed E-state index contributed by atoms with van der Waals surface area (Å²) >= 11 is 0. The van der Waals surface area contributed by atoms with Crippen molar-refractivity contribution >= 4 is 5.97 Å². The van der Waals surface area contributed by atoms with E-state index >= 15 is 0 Å². The molecule has 0 N–H and O–H groups in total. The number of hydrogen-bond donors (Lipinski definition) is 0. The smallest absolute Gasteiger partial charge is 0.338 e. The van der Waals surface area contributed by atoms with E-state index in [1.807, 2.05) is 24.3 Å². The van der Waals surface area contributed by atoms with Crippen LogP contribution in [0.4, 0.5) is 0 Å². The van der Waals surface area contributed by atoms with Crippen LogP contribution in [-0.4, -0.2) is 51.8 Å². The molecule has 0 aliphatic rings. The Kier molecular flexibility index (Phi) is 10.4. The largest absolute Gasteiger partial charge is 0.493 e. The van der Waals surface area contributed by atoms with Crippen molar-refractivity contribution in [3.63, 3.8) is 0 Å². The van der Waals surface area contributed by atoms with Crippen molar-refractivity contribution in [1.82, 2.24) is 4.90 Å². The third-order valence-electron chi connectivity index (χ3n) is 6.44. The van der Waals surface area contributed by atoms with Gasteiger partial charge in [0.25, 0.3) is 0 Å². The minimum Gasteiger partial charge on any atom is -0.493 e. The van der Waals surface area contributed by atoms with Crippen LogP contribution in [0.25, 0.3) is 0 Å². The van der Waals surface area contributed by atoms with Gasteiger partial charge in [0.05, 0.1) is 37.9 Å². The summed E-state index contributed by atoms with van der Waals surface area (Å²) in [5.41, 5.74) is 2.05. The van der Waals surface area contributed by atoms with E-state index in [9.17, 15) is 10.1 Å². The highest BCUT2D eigenvalue weighted by atomic mass is 16.5. The molecular weight excluding hydrogens is 428 g/mol. The zero-order valence-corrected chi connectivity index (χ0v) is 21.4. The molecule has 1 unspecified atom stereocenters. The van der Waals surface area contributed by atoms with Crippen molar-refractivity contribution in [1.29, 1.82) is 5.26 Å². The van der Waals surface area contributed by atoms with Gasteiger partial charge >= 0.3 is 5.97 Å². The molecule has 0 aromatic heterocycles. The van der Waals surface area contributed by atoms with Gasteiger partial charge in [-0.25, -0.2) is 4.79 Å². The quantitative estimate of drug-likeness (QED) is 0.375. The predicted octanol–water partition coefficient (Wildman–Crippen LogP) is 5.25. The number of esters is 1. The van der Waals surface area contributed by atoms with Crippen molar-refractivity contribution in [2.75, 3.05) is 41.0 Å². The van der Waals surface area contributed by atoms with E-state index in [2.05, 4.69) is 37.9 Å². The Bertz CT molecular complexity index is 965. The van der Waals surface area contributed by atoms with Gasteiger partial charge in [-0.1, -0.05) is 32.0 Å². The monoisotopic (exact) mass is 466 g/mol. The summed E-state index contributed by atoms with van der Waals surface area (Å²) in [4.78, 5) is 14.3. The standard InChI is InChI=1S/C28H38N2O4/c1-7-34-27(31)23-10-12-24(13-11-23)28(20-29,21(2)3)16-8-17-30(4)18-15-22-9-14-25(32-5)26(19-22)33-6/h9-14,19,21H,7-8,15-18H2,1-6H3. The fourth-order valence-electron chi connectivity index (χ4n) is 4.23. The van der Waals surface area contributed by atoms with Gasteiger partial charge in [0.1, 0.15) is 0 Å². The molecule has 0 heterocycles. The summed E-state index contributed by atoms with van der Waals surface area (Å²) in [6.07, 6.45) is 2.55. The van der Waals surface area contributed by atoms with Gasteiger partial charge in [-0.05, 0) is 81.1 Å². The van der Waals surface area contributed by atoms with Crippen LogP contribution in [0, 0.1) is 17.2 Å². The summed E-state index contributed by atoms with van der Waals surface area (Å²) in [6.45, 7) is 8.10. The van der Waals surface area contributed by atoms with E-state index in [-0.39, 0.29) is 11.9 Å². The molecule has 6 heteroatoms. The average molecular weight is 467 g/mol. The van der Waals surface area contributed by atoms with Gasteiger partial charge < -0.3 is 19.1 Å². The normalized spacial score (nSPS) is 12.8. The fourth-order valence-corrected chi connectivity index (χ4v) is 4.23. The summed E-state index contributed by atoms with van der Waals surface area (Å²) in [7, 11) is 5.39. The molecule has 0 amide bonds. The van der Waals surface area contributed by atoms with Crippen molar-refractivity contribution in [2.45, 2.75) is 45.4 Å². The molecule has 0 spiro atoms. The Labute approximate surface area is 204 Å². The number of rotatable bonds is 13. The van der Waals surface area contributed by atoms with Gasteiger partial charge in [-0.2, -0.15) is 5.26 Å². The first-order valence-corrected chi connectivity index (χ1v) is 11.9. The second-order valence-electron chi connectivity index (χ2n) is 8.88. The molecule has 2 aromatic rings. The van der Waals surface area contributed by atoms with E-state index in [1.54, 1.807) is 33.3 Å². The number of nitrogens with zero attached hydrogens (tertiary/aromatic N) is 2. The molecule has 0 aliphatic heterocycles. The summed E-state index contributed by atoms with van der Waals surface area (Å²) in [5.74, 6) is 1.28. The number of methoxy groups -OCH3 is 2. The molecule has 2 rings (SSSR count). The first-order valence-electron chi connectivity index (χ1n) is 11.9. The van der Waals surface area contributed by atoms with Crippen LogP contribution < -0.4 is 9.47 Å².